The van der Waals surface area contributed by atoms with Crippen molar-refractivity contribution in [2.45, 2.75) is 63.5 Å². The minimum Gasteiger partial charge on any atom is -0.375 e. The number of carbonyl (C=O) groups is 1. The van der Waals surface area contributed by atoms with Crippen LogP contribution in [-0.2, 0) is 53.5 Å². The highest BCUT2D eigenvalue weighted by atomic mass is 32.2. The number of nitrogens with zero attached hydrogens (tertiary/aromatic N) is 3. The number of hydrogen-bond donors (Lipinski definition) is 2. The van der Waals surface area contributed by atoms with Gasteiger partial charge >= 0.3 is 6.03 Å². The molecule has 0 saturated carbocycles. The number of urea groups is 1. The highest BCUT2D eigenvalue weighted by molar-refractivity contribution is 7.92. The van der Waals surface area contributed by atoms with E-state index >= 15 is 0 Å². The molecule has 0 radical (unpaired) electrons. The largest absolute Gasteiger partial charge is 0.375 e. The van der Waals surface area contributed by atoms with Crippen molar-refractivity contribution in [3.63, 3.8) is 0 Å². The maximum atomic E-state index is 13.7. The van der Waals surface area contributed by atoms with Crippen LogP contribution < -0.4 is 10.0 Å². The summed E-state index contributed by atoms with van der Waals surface area (Å²) >= 11 is 0. The first-order chi connectivity index (χ1) is 15.0. The Bertz CT molecular complexity index is 1130. The summed E-state index contributed by atoms with van der Waals surface area (Å²) in [6.45, 7) is 3.68. The van der Waals surface area contributed by atoms with Gasteiger partial charge in [-0.1, -0.05) is 13.0 Å². The molecule has 1 aliphatic heterocycles. The lowest BCUT2D eigenvalue weighted by molar-refractivity contribution is 0.0987. The number of ether oxygens (including phenoxy) is 1. The second-order valence-electron chi connectivity index (χ2n) is 8.76. The number of aromatic nitrogens is 2. The Kier molecular flexibility index (Phi) is 5.26. The van der Waals surface area contributed by atoms with Crippen molar-refractivity contribution in [1.29, 1.82) is 0 Å². The summed E-state index contributed by atoms with van der Waals surface area (Å²) in [6, 6.07) is 1.83. The summed E-state index contributed by atoms with van der Waals surface area (Å²) in [5.41, 5.74) is 6.77. The molecule has 5 rings (SSSR count). The second kappa shape index (κ2) is 7.94. The van der Waals surface area contributed by atoms with Crippen molar-refractivity contribution in [2.75, 3.05) is 19.0 Å². The maximum Gasteiger partial charge on any atom is 0.331 e. The lowest BCUT2D eigenvalue weighted by atomic mass is 9.99. The van der Waals surface area contributed by atoms with Crippen LogP contribution in [0.25, 0.3) is 0 Å². The Morgan fingerprint density at radius 3 is 2.61 bits per heavy atom. The average molecular weight is 444 g/mol. The minimum atomic E-state index is -3.19. The van der Waals surface area contributed by atoms with Crippen LogP contribution >= 0.6 is 0 Å². The number of carbonyl (C=O) groups excluding carboxylic acids is 1. The third-order valence-electron chi connectivity index (χ3n) is 6.53. The van der Waals surface area contributed by atoms with Gasteiger partial charge in [0, 0.05) is 19.3 Å². The SMILES string of the molecule is CN=S(=O)(NC(=O)Nc1c2c(cc3c1CCC3)CCC2)c1cnn2c1COCC(C)C2. The van der Waals surface area contributed by atoms with E-state index in [4.69, 9.17) is 4.74 Å². The van der Waals surface area contributed by atoms with Gasteiger partial charge in [-0.3, -0.25) is 4.68 Å². The summed E-state index contributed by atoms with van der Waals surface area (Å²) in [7, 11) is -1.72. The molecule has 1 aromatic carbocycles. The normalized spacial score (nSPS) is 21.4. The fraction of sp³-hybridized carbons (Fsp3) is 0.545. The van der Waals surface area contributed by atoms with E-state index < -0.39 is 15.9 Å². The lowest BCUT2D eigenvalue weighted by Gasteiger charge is -2.18. The van der Waals surface area contributed by atoms with Gasteiger partial charge in [-0.05, 0) is 66.7 Å². The van der Waals surface area contributed by atoms with Crippen molar-refractivity contribution >= 4 is 21.6 Å². The van der Waals surface area contributed by atoms with Gasteiger partial charge in [0.1, 0.15) is 4.90 Å². The van der Waals surface area contributed by atoms with Crippen LogP contribution in [0.5, 0.6) is 0 Å². The highest BCUT2D eigenvalue weighted by Crippen LogP contribution is 2.38. The van der Waals surface area contributed by atoms with Crippen LogP contribution in [0.4, 0.5) is 10.5 Å². The first-order valence-corrected chi connectivity index (χ1v) is 12.5. The second-order valence-corrected chi connectivity index (χ2v) is 10.8. The number of benzene rings is 1. The number of nitrogens with one attached hydrogen (secondary N) is 2. The number of amides is 2. The molecular formula is C22H29N5O3S. The number of aryl methyl sites for hydroxylation is 2. The molecule has 2 N–H and O–H groups in total. The molecule has 2 atom stereocenters. The van der Waals surface area contributed by atoms with E-state index in [1.165, 1.54) is 29.3 Å². The molecule has 31 heavy (non-hydrogen) atoms. The van der Waals surface area contributed by atoms with Gasteiger partial charge in [-0.2, -0.15) is 5.10 Å². The first-order valence-electron chi connectivity index (χ1n) is 11.0. The number of anilines is 1. The molecule has 2 unspecified atom stereocenters. The van der Waals surface area contributed by atoms with Crippen LogP contribution in [-0.4, -0.2) is 33.7 Å². The third-order valence-corrected chi connectivity index (χ3v) is 8.45. The average Bonchev–Trinajstić information content (AvgIpc) is 3.46. The van der Waals surface area contributed by atoms with Crippen molar-refractivity contribution in [3.05, 3.63) is 40.2 Å². The van der Waals surface area contributed by atoms with Crippen molar-refractivity contribution in [1.82, 2.24) is 14.5 Å². The van der Waals surface area contributed by atoms with Crippen molar-refractivity contribution in [3.8, 4) is 0 Å². The van der Waals surface area contributed by atoms with Crippen LogP contribution in [0.2, 0.25) is 0 Å². The van der Waals surface area contributed by atoms with E-state index in [9.17, 15) is 9.00 Å². The molecule has 166 valence electrons. The fourth-order valence-corrected chi connectivity index (χ4v) is 6.44. The summed E-state index contributed by atoms with van der Waals surface area (Å²) < 4.78 is 28.0. The molecule has 3 aliphatic rings. The van der Waals surface area contributed by atoms with E-state index in [0.717, 1.165) is 44.2 Å². The molecule has 2 aliphatic carbocycles. The van der Waals surface area contributed by atoms with E-state index in [0.29, 0.717) is 36.3 Å². The highest BCUT2D eigenvalue weighted by Gasteiger charge is 2.28. The zero-order valence-electron chi connectivity index (χ0n) is 18.1. The first kappa shape index (κ1) is 20.5. The van der Waals surface area contributed by atoms with E-state index in [2.05, 4.69) is 32.5 Å². The topological polar surface area (TPSA) is 97.6 Å². The minimum absolute atomic E-state index is 0.301. The van der Waals surface area contributed by atoms with Crippen LogP contribution in [0.1, 0.15) is 47.7 Å². The van der Waals surface area contributed by atoms with Gasteiger partial charge in [0.2, 0.25) is 0 Å². The summed E-state index contributed by atoms with van der Waals surface area (Å²) in [4.78, 5) is 13.5. The van der Waals surface area contributed by atoms with Crippen molar-refractivity contribution in [2.24, 2.45) is 10.3 Å². The van der Waals surface area contributed by atoms with E-state index in [1.54, 1.807) is 6.20 Å². The summed E-state index contributed by atoms with van der Waals surface area (Å²) in [5.74, 6) is 0.308. The molecule has 8 nitrogen and oxygen atoms in total. The fourth-order valence-electron chi connectivity index (χ4n) is 5.06. The smallest absolute Gasteiger partial charge is 0.331 e. The summed E-state index contributed by atoms with van der Waals surface area (Å²) in [6.07, 6.45) is 7.82. The maximum absolute atomic E-state index is 13.7. The molecule has 2 heterocycles. The predicted octanol–water partition coefficient (Wildman–Crippen LogP) is 3.22. The van der Waals surface area contributed by atoms with Crippen LogP contribution in [0, 0.1) is 5.92 Å². The van der Waals surface area contributed by atoms with Gasteiger partial charge < -0.3 is 10.1 Å². The van der Waals surface area contributed by atoms with Crippen LogP contribution in [0.3, 0.4) is 0 Å². The molecular weight excluding hydrogens is 414 g/mol. The molecule has 0 fully saturated rings. The monoisotopic (exact) mass is 443 g/mol. The van der Waals surface area contributed by atoms with Gasteiger partial charge in [0.15, 0.2) is 9.92 Å². The van der Waals surface area contributed by atoms with Gasteiger partial charge in [0.25, 0.3) is 0 Å². The van der Waals surface area contributed by atoms with E-state index in [-0.39, 0.29) is 0 Å². The van der Waals surface area contributed by atoms with Gasteiger partial charge in [0.05, 0.1) is 25.1 Å². The molecule has 1 aromatic heterocycles. The molecule has 0 bridgehead atoms. The molecule has 0 saturated heterocycles. The molecule has 2 aromatic rings. The third kappa shape index (κ3) is 3.63. The van der Waals surface area contributed by atoms with Crippen LogP contribution in [0.15, 0.2) is 21.5 Å². The van der Waals surface area contributed by atoms with Gasteiger partial charge in [-0.25, -0.2) is 18.1 Å². The Labute approximate surface area is 183 Å². The Hall–Kier alpha value is -2.39. The number of rotatable bonds is 3. The Morgan fingerprint density at radius 1 is 1.23 bits per heavy atom. The quantitative estimate of drug-likeness (QED) is 0.761. The standard InChI is InChI=1S/C22H29N5O3S/c1-14-11-27-19(13-30-12-14)20(10-24-27)31(29,23-2)26-22(28)25-21-17-7-3-5-15(17)9-16-6-4-8-18(16)21/h9-10,14H,3-8,11-13H2,1-2H3,(H2,23,25,26,28,29). The lowest BCUT2D eigenvalue weighted by Crippen LogP contribution is -2.35. The molecule has 0 spiro atoms. The predicted molar refractivity (Wildman–Crippen MR) is 118 cm³/mol. The van der Waals surface area contributed by atoms with Crippen molar-refractivity contribution < 1.29 is 13.7 Å². The Morgan fingerprint density at radius 2 is 1.94 bits per heavy atom. The summed E-state index contributed by atoms with van der Waals surface area (Å²) in [5, 5.41) is 7.44. The number of hydrogen-bond acceptors (Lipinski definition) is 5. The zero-order valence-corrected chi connectivity index (χ0v) is 18.9. The molecule has 9 heteroatoms. The van der Waals surface area contributed by atoms with E-state index in [1.807, 2.05) is 4.68 Å². The van der Waals surface area contributed by atoms with Gasteiger partial charge in [-0.15, -0.1) is 0 Å². The zero-order chi connectivity index (χ0) is 21.6. The number of fused-ring (bicyclic) bond motifs is 3. The molecule has 2 amide bonds. The Balaban J connectivity index is 1.43.